The Morgan fingerprint density at radius 1 is 1.40 bits per heavy atom. The van der Waals surface area contributed by atoms with Crippen LogP contribution >= 0.6 is 0 Å². The van der Waals surface area contributed by atoms with Crippen molar-refractivity contribution in [1.29, 1.82) is 0 Å². The molecule has 1 saturated carbocycles. The molecule has 2 unspecified atom stereocenters. The third-order valence-corrected chi connectivity index (χ3v) is 3.26. The maximum atomic E-state index is 13.5. The van der Waals surface area contributed by atoms with E-state index in [2.05, 4.69) is 6.92 Å². The highest BCUT2D eigenvalue weighted by Gasteiger charge is 2.37. The van der Waals surface area contributed by atoms with Crippen LogP contribution in [-0.4, -0.2) is 0 Å². The summed E-state index contributed by atoms with van der Waals surface area (Å²) in [5, 5.41) is 0. The average molecular weight is 211 g/mol. The van der Waals surface area contributed by atoms with Gasteiger partial charge < -0.3 is 5.73 Å². The molecule has 1 aliphatic rings. The number of hydrogen-bond donors (Lipinski definition) is 1. The quantitative estimate of drug-likeness (QED) is 0.759. The first-order valence-electron chi connectivity index (χ1n) is 5.26. The lowest BCUT2D eigenvalue weighted by molar-refractivity contribution is 0.413. The lowest BCUT2D eigenvalue weighted by Gasteiger charge is -2.25. The fraction of sp³-hybridized carbons (Fsp3) is 0.500. The van der Waals surface area contributed by atoms with Crippen LogP contribution in [0.25, 0.3) is 0 Å². The lowest BCUT2D eigenvalue weighted by atomic mass is 9.88. The highest BCUT2D eigenvalue weighted by Crippen LogP contribution is 2.40. The van der Waals surface area contributed by atoms with Crippen molar-refractivity contribution in [1.82, 2.24) is 0 Å². The van der Waals surface area contributed by atoms with Crippen molar-refractivity contribution in [2.75, 3.05) is 0 Å². The first-order chi connectivity index (χ1) is 7.01. The van der Waals surface area contributed by atoms with E-state index < -0.39 is 17.2 Å². The Labute approximate surface area is 88.3 Å². The van der Waals surface area contributed by atoms with Gasteiger partial charge in [0.05, 0.1) is 0 Å². The second-order valence-electron chi connectivity index (χ2n) is 4.63. The SMILES string of the molecule is CC1CCC(N)(c2cc(F)ccc2F)C1. The van der Waals surface area contributed by atoms with E-state index in [0.29, 0.717) is 11.5 Å². The summed E-state index contributed by atoms with van der Waals surface area (Å²) in [5.74, 6) is -0.332. The highest BCUT2D eigenvalue weighted by atomic mass is 19.1. The molecule has 0 saturated heterocycles. The molecule has 15 heavy (non-hydrogen) atoms. The largest absolute Gasteiger partial charge is 0.321 e. The van der Waals surface area contributed by atoms with Crippen LogP contribution in [-0.2, 0) is 5.54 Å². The van der Waals surface area contributed by atoms with Crippen molar-refractivity contribution >= 4 is 0 Å². The first kappa shape index (κ1) is 10.6. The molecule has 1 aromatic rings. The summed E-state index contributed by atoms with van der Waals surface area (Å²) in [7, 11) is 0. The maximum Gasteiger partial charge on any atom is 0.128 e. The second-order valence-corrected chi connectivity index (χ2v) is 4.63. The molecule has 82 valence electrons. The predicted octanol–water partition coefficient (Wildman–Crippen LogP) is 2.94. The third-order valence-electron chi connectivity index (χ3n) is 3.26. The van der Waals surface area contributed by atoms with Crippen LogP contribution in [0.1, 0.15) is 31.7 Å². The molecule has 2 N–H and O–H groups in total. The van der Waals surface area contributed by atoms with Gasteiger partial charge in [0.15, 0.2) is 0 Å². The normalized spacial score (nSPS) is 30.8. The van der Waals surface area contributed by atoms with Gasteiger partial charge in [0.25, 0.3) is 0 Å². The molecule has 0 aliphatic heterocycles. The minimum atomic E-state index is -0.675. The summed E-state index contributed by atoms with van der Waals surface area (Å²) >= 11 is 0. The van der Waals surface area contributed by atoms with E-state index in [1.165, 1.54) is 6.07 Å². The Kier molecular flexibility index (Phi) is 2.51. The predicted molar refractivity (Wildman–Crippen MR) is 55.2 cm³/mol. The Bertz CT molecular complexity index is 378. The molecule has 1 aliphatic carbocycles. The van der Waals surface area contributed by atoms with E-state index in [1.54, 1.807) is 0 Å². The molecule has 0 spiro atoms. The van der Waals surface area contributed by atoms with E-state index in [0.717, 1.165) is 31.4 Å². The Morgan fingerprint density at radius 3 is 2.73 bits per heavy atom. The standard InChI is InChI=1S/C12H15F2N/c1-8-4-5-12(15,7-8)10-6-9(13)2-3-11(10)14/h2-3,6,8H,4-5,7,15H2,1H3. The summed E-state index contributed by atoms with van der Waals surface area (Å²) in [6.07, 6.45) is 2.44. The van der Waals surface area contributed by atoms with E-state index in [-0.39, 0.29) is 0 Å². The Hall–Kier alpha value is -0.960. The summed E-state index contributed by atoms with van der Waals surface area (Å²) < 4.78 is 26.6. The van der Waals surface area contributed by atoms with Crippen LogP contribution < -0.4 is 5.73 Å². The second kappa shape index (κ2) is 3.56. The highest BCUT2D eigenvalue weighted by molar-refractivity contribution is 5.28. The molecule has 0 bridgehead atoms. The monoisotopic (exact) mass is 211 g/mol. The summed E-state index contributed by atoms with van der Waals surface area (Å²) in [5.41, 5.74) is 5.78. The van der Waals surface area contributed by atoms with Crippen molar-refractivity contribution in [3.05, 3.63) is 35.4 Å². The van der Waals surface area contributed by atoms with Gasteiger partial charge in [-0.05, 0) is 43.4 Å². The topological polar surface area (TPSA) is 26.0 Å². The number of nitrogens with two attached hydrogens (primary N) is 1. The van der Waals surface area contributed by atoms with Crippen molar-refractivity contribution in [2.45, 2.75) is 31.7 Å². The zero-order valence-electron chi connectivity index (χ0n) is 8.76. The fourth-order valence-corrected chi connectivity index (χ4v) is 2.45. The minimum absolute atomic E-state index is 0.326. The molecule has 0 aromatic heterocycles. The number of halogens is 2. The molecule has 2 rings (SSSR count). The minimum Gasteiger partial charge on any atom is -0.321 e. The van der Waals surface area contributed by atoms with Crippen LogP contribution in [0.4, 0.5) is 8.78 Å². The van der Waals surface area contributed by atoms with Crippen molar-refractivity contribution in [3.8, 4) is 0 Å². The molecular weight excluding hydrogens is 196 g/mol. The summed E-state index contributed by atoms with van der Waals surface area (Å²) in [4.78, 5) is 0. The van der Waals surface area contributed by atoms with E-state index >= 15 is 0 Å². The Balaban J connectivity index is 2.40. The van der Waals surface area contributed by atoms with Gasteiger partial charge >= 0.3 is 0 Å². The molecule has 0 amide bonds. The van der Waals surface area contributed by atoms with Crippen molar-refractivity contribution in [2.24, 2.45) is 11.7 Å². The van der Waals surface area contributed by atoms with Gasteiger partial charge in [-0.1, -0.05) is 6.92 Å². The van der Waals surface area contributed by atoms with E-state index in [1.807, 2.05) is 0 Å². The van der Waals surface area contributed by atoms with E-state index in [4.69, 9.17) is 5.73 Å². The van der Waals surface area contributed by atoms with E-state index in [9.17, 15) is 8.78 Å². The molecular formula is C12H15F2N. The molecule has 0 radical (unpaired) electrons. The average Bonchev–Trinajstić information content (AvgIpc) is 2.52. The van der Waals surface area contributed by atoms with Gasteiger partial charge in [-0.15, -0.1) is 0 Å². The first-order valence-corrected chi connectivity index (χ1v) is 5.26. The van der Waals surface area contributed by atoms with Gasteiger partial charge in [-0.25, -0.2) is 8.78 Å². The van der Waals surface area contributed by atoms with Gasteiger partial charge in [0.2, 0.25) is 0 Å². The lowest BCUT2D eigenvalue weighted by Crippen LogP contribution is -2.34. The zero-order chi connectivity index (χ0) is 11.1. The van der Waals surface area contributed by atoms with Gasteiger partial charge in [0.1, 0.15) is 11.6 Å². The molecule has 1 nitrogen and oxygen atoms in total. The molecule has 3 heteroatoms. The van der Waals surface area contributed by atoms with Crippen LogP contribution in [0.3, 0.4) is 0 Å². The summed E-state index contributed by atoms with van der Waals surface area (Å²) in [6, 6.07) is 3.51. The number of rotatable bonds is 1. The van der Waals surface area contributed by atoms with Crippen LogP contribution in [0.5, 0.6) is 0 Å². The van der Waals surface area contributed by atoms with Crippen LogP contribution in [0.15, 0.2) is 18.2 Å². The molecule has 1 aromatic carbocycles. The smallest absolute Gasteiger partial charge is 0.128 e. The van der Waals surface area contributed by atoms with Gasteiger partial charge in [0, 0.05) is 11.1 Å². The molecule has 0 heterocycles. The molecule has 2 atom stereocenters. The molecule has 1 fully saturated rings. The van der Waals surface area contributed by atoms with Crippen molar-refractivity contribution in [3.63, 3.8) is 0 Å². The Morgan fingerprint density at radius 2 is 2.13 bits per heavy atom. The zero-order valence-corrected chi connectivity index (χ0v) is 8.76. The van der Waals surface area contributed by atoms with Crippen molar-refractivity contribution < 1.29 is 8.78 Å². The fourth-order valence-electron chi connectivity index (χ4n) is 2.45. The van der Waals surface area contributed by atoms with Gasteiger partial charge in [-0.2, -0.15) is 0 Å². The summed E-state index contributed by atoms with van der Waals surface area (Å²) in [6.45, 7) is 2.09. The maximum absolute atomic E-state index is 13.5. The number of benzene rings is 1. The van der Waals surface area contributed by atoms with Gasteiger partial charge in [-0.3, -0.25) is 0 Å². The van der Waals surface area contributed by atoms with Crippen LogP contribution in [0.2, 0.25) is 0 Å². The third kappa shape index (κ3) is 1.88. The number of hydrogen-bond acceptors (Lipinski definition) is 1. The van der Waals surface area contributed by atoms with Crippen LogP contribution in [0, 0.1) is 17.6 Å².